The molecular weight excluding hydrogens is 246 g/mol. The van der Waals surface area contributed by atoms with Gasteiger partial charge in [0.25, 0.3) is 11.9 Å². The van der Waals surface area contributed by atoms with Crippen molar-refractivity contribution in [3.05, 3.63) is 29.3 Å². The number of amides is 1. The van der Waals surface area contributed by atoms with E-state index in [1.165, 1.54) is 0 Å². The van der Waals surface area contributed by atoms with E-state index < -0.39 is 0 Å². The van der Waals surface area contributed by atoms with Crippen LogP contribution in [-0.2, 0) is 0 Å². The highest BCUT2D eigenvalue weighted by molar-refractivity contribution is 6.05. The molecule has 0 unspecified atom stereocenters. The number of aromatic amines is 1. The Morgan fingerprint density at radius 1 is 1.42 bits per heavy atom. The summed E-state index contributed by atoms with van der Waals surface area (Å²) in [5.74, 6) is 0.748. The van der Waals surface area contributed by atoms with Crippen molar-refractivity contribution in [1.82, 2.24) is 20.6 Å². The van der Waals surface area contributed by atoms with Crippen LogP contribution in [-0.4, -0.2) is 32.6 Å². The molecule has 0 saturated heterocycles. The molecule has 1 aliphatic heterocycles. The van der Waals surface area contributed by atoms with Gasteiger partial charge >= 0.3 is 0 Å². The van der Waals surface area contributed by atoms with E-state index in [1.807, 2.05) is 19.1 Å². The molecule has 2 N–H and O–H groups in total. The number of ether oxygens (including phenoxy) is 1. The third-order valence-corrected chi connectivity index (χ3v) is 3.36. The number of para-hydroxylation sites is 1. The first-order valence-corrected chi connectivity index (χ1v) is 6.01. The van der Waals surface area contributed by atoms with Crippen LogP contribution in [0.3, 0.4) is 0 Å². The van der Waals surface area contributed by atoms with E-state index in [0.29, 0.717) is 11.3 Å². The molecule has 3 rings (SSSR count). The molecule has 0 spiro atoms. The Labute approximate surface area is 109 Å². The summed E-state index contributed by atoms with van der Waals surface area (Å²) in [4.78, 5) is 12.2. The third kappa shape index (κ3) is 1.92. The summed E-state index contributed by atoms with van der Waals surface area (Å²) in [5, 5.41) is 15.6. The largest absolute Gasteiger partial charge is 0.489 e. The molecule has 0 fully saturated rings. The molecule has 0 saturated carbocycles. The van der Waals surface area contributed by atoms with Gasteiger partial charge in [-0.15, -0.1) is 5.10 Å². The number of nitrogens with zero attached hydrogens (tertiary/aromatic N) is 3. The van der Waals surface area contributed by atoms with Crippen molar-refractivity contribution in [2.45, 2.75) is 25.9 Å². The Morgan fingerprint density at radius 2 is 2.26 bits per heavy atom. The minimum atomic E-state index is -0.306. The van der Waals surface area contributed by atoms with Gasteiger partial charge in [0.2, 0.25) is 0 Å². The van der Waals surface area contributed by atoms with Crippen molar-refractivity contribution in [3.63, 3.8) is 0 Å². The smallest absolute Gasteiger partial charge is 0.270 e. The van der Waals surface area contributed by atoms with E-state index in [4.69, 9.17) is 4.74 Å². The van der Waals surface area contributed by atoms with Crippen molar-refractivity contribution in [1.29, 1.82) is 0 Å². The molecule has 1 aromatic carbocycles. The van der Waals surface area contributed by atoms with Crippen molar-refractivity contribution < 1.29 is 9.53 Å². The number of hydrogen-bond acceptors (Lipinski definition) is 5. The first kappa shape index (κ1) is 11.6. The Bertz CT molecular complexity index is 611. The van der Waals surface area contributed by atoms with Gasteiger partial charge < -0.3 is 4.74 Å². The summed E-state index contributed by atoms with van der Waals surface area (Å²) in [6.07, 6.45) is 0.0640. The van der Waals surface area contributed by atoms with Gasteiger partial charge in [0.05, 0.1) is 5.56 Å². The van der Waals surface area contributed by atoms with Crippen molar-refractivity contribution >= 4 is 11.9 Å². The normalized spacial score (nSPS) is 20.7. The Hall–Kier alpha value is -2.44. The first-order valence-electron chi connectivity index (χ1n) is 6.01. The molecule has 1 aromatic heterocycles. The highest BCUT2D eigenvalue weighted by atomic mass is 16.5. The summed E-state index contributed by atoms with van der Waals surface area (Å²) in [5.41, 5.74) is 1.53. The fourth-order valence-corrected chi connectivity index (χ4v) is 2.15. The lowest BCUT2D eigenvalue weighted by atomic mass is 9.97. The van der Waals surface area contributed by atoms with Gasteiger partial charge in [-0.05, 0) is 18.2 Å². The summed E-state index contributed by atoms with van der Waals surface area (Å²) in [7, 11) is 0. The van der Waals surface area contributed by atoms with Gasteiger partial charge in [0.1, 0.15) is 11.9 Å². The lowest BCUT2D eigenvalue weighted by Crippen LogP contribution is -2.15. The minimum Gasteiger partial charge on any atom is -0.489 e. The molecular formula is C12H13N5O2. The predicted octanol–water partition coefficient (Wildman–Crippen LogP) is 1.34. The van der Waals surface area contributed by atoms with E-state index in [9.17, 15) is 4.79 Å². The second kappa shape index (κ2) is 4.34. The molecule has 98 valence electrons. The summed E-state index contributed by atoms with van der Waals surface area (Å²) in [6.45, 7) is 4.07. The number of anilines is 1. The summed E-state index contributed by atoms with van der Waals surface area (Å²) >= 11 is 0. The fourth-order valence-electron chi connectivity index (χ4n) is 2.15. The molecule has 1 amide bonds. The zero-order valence-electron chi connectivity index (χ0n) is 10.5. The molecule has 2 atom stereocenters. The summed E-state index contributed by atoms with van der Waals surface area (Å²) < 4.78 is 5.77. The maximum Gasteiger partial charge on any atom is 0.270 e. The molecule has 0 bridgehead atoms. The van der Waals surface area contributed by atoms with E-state index in [0.717, 1.165) is 5.56 Å². The molecule has 0 aliphatic carbocycles. The zero-order valence-corrected chi connectivity index (χ0v) is 10.5. The van der Waals surface area contributed by atoms with E-state index in [2.05, 4.69) is 32.9 Å². The Kier molecular flexibility index (Phi) is 2.66. The van der Waals surface area contributed by atoms with Crippen LogP contribution in [0.15, 0.2) is 18.2 Å². The lowest BCUT2D eigenvalue weighted by molar-refractivity contribution is 0.102. The summed E-state index contributed by atoms with van der Waals surface area (Å²) in [6, 6.07) is 5.55. The van der Waals surface area contributed by atoms with Crippen LogP contribution >= 0.6 is 0 Å². The standard InChI is InChI=1S/C12H13N5O2/c1-6-7(2)19-10-8(6)4-3-5-9(10)11(18)13-12-14-16-17-15-12/h3-7H,1-2H3,(H2,13,14,15,16,17,18)/t6-,7-/m0/s1. The second-order valence-electron chi connectivity index (χ2n) is 4.53. The van der Waals surface area contributed by atoms with Gasteiger partial charge in [-0.3, -0.25) is 10.1 Å². The molecule has 19 heavy (non-hydrogen) atoms. The van der Waals surface area contributed by atoms with Crippen molar-refractivity contribution in [3.8, 4) is 5.75 Å². The maximum absolute atomic E-state index is 12.2. The number of rotatable bonds is 2. The number of benzene rings is 1. The predicted molar refractivity (Wildman–Crippen MR) is 67.1 cm³/mol. The molecule has 2 aromatic rings. The second-order valence-corrected chi connectivity index (χ2v) is 4.53. The molecule has 7 heteroatoms. The average molecular weight is 259 g/mol. The van der Waals surface area contributed by atoms with Gasteiger partial charge in [-0.2, -0.15) is 5.21 Å². The van der Waals surface area contributed by atoms with Crippen LogP contribution in [0.25, 0.3) is 0 Å². The van der Waals surface area contributed by atoms with Gasteiger partial charge in [0, 0.05) is 11.5 Å². The lowest BCUT2D eigenvalue weighted by Gasteiger charge is -2.08. The number of carbonyl (C=O) groups excluding carboxylic acids is 1. The monoisotopic (exact) mass is 259 g/mol. The number of fused-ring (bicyclic) bond motifs is 1. The van der Waals surface area contributed by atoms with Crippen LogP contribution in [0.2, 0.25) is 0 Å². The van der Waals surface area contributed by atoms with E-state index in [1.54, 1.807) is 6.07 Å². The van der Waals surface area contributed by atoms with Gasteiger partial charge in [-0.25, -0.2) is 0 Å². The van der Waals surface area contributed by atoms with Crippen LogP contribution in [0, 0.1) is 0 Å². The highest BCUT2D eigenvalue weighted by Gasteiger charge is 2.31. The van der Waals surface area contributed by atoms with Crippen LogP contribution in [0.1, 0.15) is 35.7 Å². The van der Waals surface area contributed by atoms with Crippen LogP contribution < -0.4 is 10.1 Å². The maximum atomic E-state index is 12.2. The van der Waals surface area contributed by atoms with Crippen LogP contribution in [0.4, 0.5) is 5.95 Å². The SMILES string of the molecule is C[C@@H]1Oc2c(C(=O)Nc3nn[nH]n3)cccc2[C@H]1C. The number of hydrogen-bond donors (Lipinski definition) is 2. The average Bonchev–Trinajstić information content (AvgIpc) is 2.99. The number of tetrazole rings is 1. The highest BCUT2D eigenvalue weighted by Crippen LogP contribution is 2.40. The van der Waals surface area contributed by atoms with Gasteiger partial charge in [0.15, 0.2) is 0 Å². The first-order chi connectivity index (χ1) is 9.16. The molecule has 7 nitrogen and oxygen atoms in total. The fraction of sp³-hybridized carbons (Fsp3) is 0.333. The number of carbonyl (C=O) groups is 1. The third-order valence-electron chi connectivity index (χ3n) is 3.36. The van der Waals surface area contributed by atoms with Gasteiger partial charge in [-0.1, -0.05) is 24.2 Å². The molecule has 1 aliphatic rings. The molecule has 2 heterocycles. The molecule has 0 radical (unpaired) electrons. The number of aromatic nitrogens is 4. The quantitative estimate of drug-likeness (QED) is 0.848. The Morgan fingerprint density at radius 3 is 3.00 bits per heavy atom. The Balaban J connectivity index is 1.92. The zero-order chi connectivity index (χ0) is 13.4. The topological polar surface area (TPSA) is 92.8 Å². The van der Waals surface area contributed by atoms with Crippen molar-refractivity contribution in [2.24, 2.45) is 0 Å². The van der Waals surface area contributed by atoms with Crippen molar-refractivity contribution in [2.75, 3.05) is 5.32 Å². The van der Waals surface area contributed by atoms with E-state index in [-0.39, 0.29) is 23.9 Å². The minimum absolute atomic E-state index is 0.0640. The van der Waals surface area contributed by atoms with Crippen LogP contribution in [0.5, 0.6) is 5.75 Å². The number of nitrogens with one attached hydrogen (secondary N) is 2. The number of H-pyrrole nitrogens is 1. The van der Waals surface area contributed by atoms with E-state index >= 15 is 0 Å².